The summed E-state index contributed by atoms with van der Waals surface area (Å²) < 4.78 is 7.71. The van der Waals surface area contributed by atoms with E-state index in [1.165, 1.54) is 18.3 Å². The number of urea groups is 2. The highest BCUT2D eigenvalue weighted by atomic mass is 28.3. The lowest BCUT2D eigenvalue weighted by Gasteiger charge is -2.40. The number of para-hydroxylation sites is 1. The molecule has 2 aromatic heterocycles. The molecule has 1 saturated heterocycles. The zero-order valence-electron chi connectivity index (χ0n) is 28.5. The first-order valence-electron chi connectivity index (χ1n) is 16.8. The van der Waals surface area contributed by atoms with Gasteiger partial charge in [0, 0.05) is 88.4 Å². The van der Waals surface area contributed by atoms with Crippen LogP contribution in [0.3, 0.4) is 0 Å². The fourth-order valence-electron chi connectivity index (χ4n) is 6.53. The number of fused-ring (bicyclic) bond motifs is 2. The Kier molecular flexibility index (Phi) is 9.97. The predicted octanol–water partition coefficient (Wildman–Crippen LogP) is 6.31. The van der Waals surface area contributed by atoms with Crippen LogP contribution < -0.4 is 10.6 Å². The van der Waals surface area contributed by atoms with E-state index in [4.69, 9.17) is 9.84 Å². The highest BCUT2D eigenvalue weighted by Crippen LogP contribution is 2.31. The van der Waals surface area contributed by atoms with Crippen LogP contribution in [0.15, 0.2) is 60.9 Å². The van der Waals surface area contributed by atoms with Gasteiger partial charge in [0.2, 0.25) is 0 Å². The number of amides is 4. The van der Waals surface area contributed by atoms with E-state index >= 15 is 0 Å². The second-order valence-electron chi connectivity index (χ2n) is 14.2. The number of pyridine rings is 1. The number of aryl methyl sites for hydroxylation is 1. The second-order valence-corrected chi connectivity index (χ2v) is 19.8. The summed E-state index contributed by atoms with van der Waals surface area (Å²) in [5.74, 6) is -0.446. The predicted molar refractivity (Wildman–Crippen MR) is 190 cm³/mol. The molecule has 0 radical (unpaired) electrons. The molecule has 2 aliphatic heterocycles. The first kappa shape index (κ1) is 34.1. The van der Waals surface area contributed by atoms with Crippen molar-refractivity contribution in [2.24, 2.45) is 0 Å². The molecule has 13 nitrogen and oxygen atoms in total. The van der Waals surface area contributed by atoms with Gasteiger partial charge in [-0.1, -0.05) is 43.9 Å². The van der Waals surface area contributed by atoms with Gasteiger partial charge in [0.15, 0.2) is 0 Å². The summed E-state index contributed by atoms with van der Waals surface area (Å²) in [6, 6.07) is 15.4. The number of aromatic nitrogens is 3. The van der Waals surface area contributed by atoms with Crippen LogP contribution in [0.2, 0.25) is 25.7 Å². The summed E-state index contributed by atoms with van der Waals surface area (Å²) in [6.07, 6.45) is 4.72. The molecule has 0 aliphatic carbocycles. The van der Waals surface area contributed by atoms with E-state index in [1.54, 1.807) is 9.58 Å². The Labute approximate surface area is 286 Å². The van der Waals surface area contributed by atoms with Crippen LogP contribution in [-0.2, 0) is 18.0 Å². The van der Waals surface area contributed by atoms with Crippen molar-refractivity contribution in [2.45, 2.75) is 70.7 Å². The van der Waals surface area contributed by atoms with Crippen LogP contribution in [0.5, 0.6) is 0 Å². The summed E-state index contributed by atoms with van der Waals surface area (Å²) in [7, 11) is -1.20. The molecule has 1 fully saturated rings. The number of nitrogens with zero attached hydrogens (tertiary/aromatic N) is 6. The fraction of sp³-hybridized carbons (Fsp3) is 0.429. The Morgan fingerprint density at radius 1 is 1.16 bits per heavy atom. The molecule has 0 spiro atoms. The zero-order chi connectivity index (χ0) is 34.7. The van der Waals surface area contributed by atoms with Gasteiger partial charge in [-0.05, 0) is 54.6 Å². The lowest BCUT2D eigenvalue weighted by Crippen LogP contribution is -2.52. The molecular weight excluding hydrogens is 641 g/mol. The van der Waals surface area contributed by atoms with E-state index in [0.717, 1.165) is 39.3 Å². The third-order valence-electron chi connectivity index (χ3n) is 9.33. The van der Waals surface area contributed by atoms with Crippen molar-refractivity contribution in [2.75, 3.05) is 31.6 Å². The SMILES string of the molecule is Cc1cc(C(CNC(=O)N2CCC(N3Cc4ccccc4NC3=O)CC2)c2cc([N+](=O)[O-])ccn2)cc2cn(COCC[Si](C)(C)C)nc12. The molecule has 4 amide bonds. The van der Waals surface area contributed by atoms with Crippen molar-refractivity contribution in [3.8, 4) is 0 Å². The number of anilines is 1. The molecule has 258 valence electrons. The van der Waals surface area contributed by atoms with Crippen molar-refractivity contribution in [3.05, 3.63) is 93.4 Å². The van der Waals surface area contributed by atoms with Crippen molar-refractivity contribution in [3.63, 3.8) is 0 Å². The van der Waals surface area contributed by atoms with Gasteiger partial charge in [0.1, 0.15) is 6.73 Å². The van der Waals surface area contributed by atoms with E-state index in [0.29, 0.717) is 51.5 Å². The molecule has 1 atom stereocenters. The maximum Gasteiger partial charge on any atom is 0.322 e. The van der Waals surface area contributed by atoms with E-state index in [1.807, 2.05) is 54.4 Å². The largest absolute Gasteiger partial charge is 0.360 e. The molecule has 0 saturated carbocycles. The molecular formula is C35H44N8O5Si. The zero-order valence-corrected chi connectivity index (χ0v) is 29.5. The number of benzene rings is 2. The number of hydrogen-bond donors (Lipinski definition) is 2. The molecule has 2 aliphatic rings. The quantitative estimate of drug-likeness (QED) is 0.0814. The highest BCUT2D eigenvalue weighted by molar-refractivity contribution is 6.76. The van der Waals surface area contributed by atoms with E-state index < -0.39 is 18.9 Å². The standard InChI is InChI=1S/C35H44N8O5Si/c1-24-17-26(18-27-21-41(39-33(24)27)23-48-15-16-49(2,3)4)30(32-19-29(43(46)47)9-12-36-32)20-37-34(44)40-13-10-28(11-14-40)42-22-25-7-5-6-8-31(25)38-35(42)45/h5-9,12,17-19,21,28,30H,10-11,13-16,20,22-23H2,1-4H3,(H,37,44)(H,38,45). The number of nitro groups is 1. The van der Waals surface area contributed by atoms with Crippen molar-refractivity contribution in [1.82, 2.24) is 29.9 Å². The number of carbonyl (C=O) groups excluding carboxylic acids is 2. The van der Waals surface area contributed by atoms with E-state index in [9.17, 15) is 19.7 Å². The summed E-state index contributed by atoms with van der Waals surface area (Å²) >= 11 is 0. The van der Waals surface area contributed by atoms with Crippen LogP contribution in [0, 0.1) is 17.0 Å². The number of piperidine rings is 1. The lowest BCUT2D eigenvalue weighted by molar-refractivity contribution is -0.385. The average Bonchev–Trinajstić information content (AvgIpc) is 3.50. The maximum atomic E-state index is 13.5. The number of carbonyl (C=O) groups is 2. The molecule has 0 bridgehead atoms. The minimum atomic E-state index is -1.20. The van der Waals surface area contributed by atoms with Gasteiger partial charge in [-0.25, -0.2) is 14.3 Å². The normalized spacial score (nSPS) is 16.0. The van der Waals surface area contributed by atoms with Gasteiger partial charge in [0.25, 0.3) is 5.69 Å². The maximum absolute atomic E-state index is 13.5. The van der Waals surface area contributed by atoms with Gasteiger partial charge in [-0.3, -0.25) is 15.1 Å². The molecule has 1 unspecified atom stereocenters. The Morgan fingerprint density at radius 2 is 1.94 bits per heavy atom. The van der Waals surface area contributed by atoms with Gasteiger partial charge in [-0.15, -0.1) is 0 Å². The number of ether oxygens (including phenoxy) is 1. The van der Waals surface area contributed by atoms with Crippen molar-refractivity contribution < 1.29 is 19.2 Å². The lowest BCUT2D eigenvalue weighted by atomic mass is 9.92. The highest BCUT2D eigenvalue weighted by Gasteiger charge is 2.33. The summed E-state index contributed by atoms with van der Waals surface area (Å²) in [5.41, 5.74) is 5.02. The third kappa shape index (κ3) is 8.08. The molecule has 4 heterocycles. The van der Waals surface area contributed by atoms with Gasteiger partial charge >= 0.3 is 12.1 Å². The van der Waals surface area contributed by atoms with Crippen molar-refractivity contribution >= 4 is 42.4 Å². The van der Waals surface area contributed by atoms with Gasteiger partial charge in [0.05, 0.1) is 16.1 Å². The number of hydrogen-bond acceptors (Lipinski definition) is 7. The Hall–Kier alpha value is -4.82. The third-order valence-corrected chi connectivity index (χ3v) is 11.0. The van der Waals surface area contributed by atoms with Crippen molar-refractivity contribution in [1.29, 1.82) is 0 Å². The minimum absolute atomic E-state index is 0.0283. The molecule has 14 heteroatoms. The summed E-state index contributed by atoms with van der Waals surface area (Å²) in [6.45, 7) is 11.7. The molecule has 49 heavy (non-hydrogen) atoms. The molecule has 6 rings (SSSR count). The van der Waals surface area contributed by atoms with E-state index in [2.05, 4.69) is 35.3 Å². The fourth-order valence-corrected chi connectivity index (χ4v) is 7.28. The minimum Gasteiger partial charge on any atom is -0.360 e. The molecule has 2 aromatic carbocycles. The smallest absolute Gasteiger partial charge is 0.322 e. The first-order chi connectivity index (χ1) is 23.4. The first-order valence-corrected chi connectivity index (χ1v) is 20.5. The Morgan fingerprint density at radius 3 is 2.69 bits per heavy atom. The Balaban J connectivity index is 1.15. The molecule has 4 aromatic rings. The number of nitrogens with one attached hydrogen (secondary N) is 2. The Bertz CT molecular complexity index is 1850. The molecule has 2 N–H and O–H groups in total. The van der Waals surface area contributed by atoms with Gasteiger partial charge in [-0.2, -0.15) is 5.10 Å². The number of likely N-dealkylation sites (tertiary alicyclic amines) is 1. The topological polar surface area (TPSA) is 148 Å². The summed E-state index contributed by atoms with van der Waals surface area (Å²) in [4.78, 5) is 45.7. The monoisotopic (exact) mass is 684 g/mol. The van der Waals surface area contributed by atoms with Crippen LogP contribution >= 0.6 is 0 Å². The van der Waals surface area contributed by atoms with Crippen LogP contribution in [0.4, 0.5) is 21.0 Å². The second kappa shape index (κ2) is 14.3. The van der Waals surface area contributed by atoms with Crippen LogP contribution in [0.25, 0.3) is 10.9 Å². The summed E-state index contributed by atoms with van der Waals surface area (Å²) in [5, 5.41) is 23.4. The van der Waals surface area contributed by atoms with Gasteiger partial charge < -0.3 is 25.2 Å². The van der Waals surface area contributed by atoms with E-state index in [-0.39, 0.29) is 30.3 Å². The van der Waals surface area contributed by atoms with Crippen LogP contribution in [0.1, 0.15) is 41.1 Å². The number of rotatable bonds is 11. The van der Waals surface area contributed by atoms with Crippen LogP contribution in [-0.4, -0.2) is 81.9 Å². The average molecular weight is 685 g/mol.